The summed E-state index contributed by atoms with van der Waals surface area (Å²) in [6, 6.07) is 14.1. The highest BCUT2D eigenvalue weighted by atomic mass is 16.5. The summed E-state index contributed by atoms with van der Waals surface area (Å²) in [6.07, 6.45) is 2.39. The van der Waals surface area contributed by atoms with Gasteiger partial charge in [-0.05, 0) is 19.1 Å². The van der Waals surface area contributed by atoms with Crippen molar-refractivity contribution in [3.8, 4) is 11.4 Å². The molecule has 4 heterocycles. The number of rotatable bonds is 7. The SMILES string of the molecule is Cc1ccc(-c2noc(CN3CCN(CCC(=O)N4CCN(c5ccccn5)CC4)CC3)n2)cc1. The van der Waals surface area contributed by atoms with Gasteiger partial charge >= 0.3 is 0 Å². The highest BCUT2D eigenvalue weighted by Crippen LogP contribution is 2.18. The molecule has 184 valence electrons. The monoisotopic (exact) mass is 475 g/mol. The van der Waals surface area contributed by atoms with Gasteiger partial charge in [0.05, 0.1) is 6.54 Å². The van der Waals surface area contributed by atoms with Gasteiger partial charge in [0.1, 0.15) is 5.82 Å². The van der Waals surface area contributed by atoms with Gasteiger partial charge in [-0.25, -0.2) is 4.98 Å². The molecule has 0 radical (unpaired) electrons. The predicted molar refractivity (Wildman–Crippen MR) is 134 cm³/mol. The van der Waals surface area contributed by atoms with Crippen molar-refractivity contribution >= 4 is 11.7 Å². The number of hydrogen-bond donors (Lipinski definition) is 0. The van der Waals surface area contributed by atoms with Crippen LogP contribution in [-0.4, -0.2) is 94.6 Å². The summed E-state index contributed by atoms with van der Waals surface area (Å²) in [7, 11) is 0. The number of carbonyl (C=O) groups excluding carboxylic acids is 1. The van der Waals surface area contributed by atoms with Gasteiger partial charge in [-0.2, -0.15) is 4.98 Å². The van der Waals surface area contributed by atoms with E-state index in [0.717, 1.165) is 70.3 Å². The minimum Gasteiger partial charge on any atom is -0.353 e. The Labute approximate surface area is 206 Å². The molecule has 0 aliphatic carbocycles. The molecule has 1 aromatic carbocycles. The maximum absolute atomic E-state index is 12.8. The number of pyridine rings is 1. The van der Waals surface area contributed by atoms with Crippen LogP contribution in [-0.2, 0) is 11.3 Å². The second kappa shape index (κ2) is 11.0. The Bertz CT molecular complexity index is 1090. The van der Waals surface area contributed by atoms with Crippen LogP contribution in [0.15, 0.2) is 53.2 Å². The van der Waals surface area contributed by atoms with Gasteiger partial charge < -0.3 is 19.2 Å². The Morgan fingerprint density at radius 3 is 2.37 bits per heavy atom. The lowest BCUT2D eigenvalue weighted by atomic mass is 10.1. The highest BCUT2D eigenvalue weighted by Gasteiger charge is 2.24. The summed E-state index contributed by atoms with van der Waals surface area (Å²) in [4.78, 5) is 30.7. The summed E-state index contributed by atoms with van der Waals surface area (Å²) in [5.74, 6) is 2.53. The van der Waals surface area contributed by atoms with Crippen LogP contribution in [0.5, 0.6) is 0 Å². The fraction of sp³-hybridized carbons (Fsp3) is 0.462. The van der Waals surface area contributed by atoms with Crippen LogP contribution >= 0.6 is 0 Å². The number of anilines is 1. The maximum Gasteiger partial charge on any atom is 0.241 e. The first-order valence-electron chi connectivity index (χ1n) is 12.4. The molecule has 0 N–H and O–H groups in total. The number of hydrogen-bond acceptors (Lipinski definition) is 8. The zero-order valence-electron chi connectivity index (χ0n) is 20.3. The van der Waals surface area contributed by atoms with E-state index in [4.69, 9.17) is 4.52 Å². The molecule has 9 nitrogen and oxygen atoms in total. The number of aryl methyl sites for hydroxylation is 1. The fourth-order valence-electron chi connectivity index (χ4n) is 4.64. The van der Waals surface area contributed by atoms with Crippen LogP contribution in [0.3, 0.4) is 0 Å². The lowest BCUT2D eigenvalue weighted by molar-refractivity contribution is -0.131. The van der Waals surface area contributed by atoms with Crippen LogP contribution in [0.4, 0.5) is 5.82 Å². The number of amides is 1. The summed E-state index contributed by atoms with van der Waals surface area (Å²) in [5.41, 5.74) is 2.18. The Morgan fingerprint density at radius 2 is 1.66 bits per heavy atom. The van der Waals surface area contributed by atoms with Gasteiger partial charge in [0.25, 0.3) is 0 Å². The Balaban J connectivity index is 1.01. The van der Waals surface area contributed by atoms with Crippen LogP contribution in [0, 0.1) is 6.92 Å². The van der Waals surface area contributed by atoms with E-state index in [1.165, 1.54) is 5.56 Å². The third-order valence-corrected chi connectivity index (χ3v) is 6.85. The molecule has 2 fully saturated rings. The molecule has 0 unspecified atom stereocenters. The molecule has 1 amide bonds. The number of benzene rings is 1. The van der Waals surface area contributed by atoms with E-state index in [2.05, 4.69) is 48.9 Å². The van der Waals surface area contributed by atoms with E-state index in [9.17, 15) is 4.79 Å². The third kappa shape index (κ3) is 6.04. The molecule has 0 bridgehead atoms. The molecule has 5 rings (SSSR count). The number of aromatic nitrogens is 3. The molecule has 2 aromatic heterocycles. The van der Waals surface area contributed by atoms with Crippen LogP contribution in [0.1, 0.15) is 17.9 Å². The second-order valence-corrected chi connectivity index (χ2v) is 9.30. The zero-order chi connectivity index (χ0) is 24.0. The quantitative estimate of drug-likeness (QED) is 0.515. The molecule has 0 saturated carbocycles. The van der Waals surface area contributed by atoms with Gasteiger partial charge in [-0.1, -0.05) is 41.1 Å². The average molecular weight is 476 g/mol. The molecule has 0 atom stereocenters. The standard InChI is InChI=1S/C26H33N7O2/c1-21-5-7-22(8-6-21)26-28-24(35-29-26)20-31-14-12-30(13-15-31)11-9-25(34)33-18-16-32(17-19-33)23-4-2-3-10-27-23/h2-8,10H,9,11-20H2,1H3. The maximum atomic E-state index is 12.8. The molecule has 35 heavy (non-hydrogen) atoms. The number of carbonyl (C=O) groups is 1. The zero-order valence-corrected chi connectivity index (χ0v) is 20.3. The second-order valence-electron chi connectivity index (χ2n) is 9.30. The fourth-order valence-corrected chi connectivity index (χ4v) is 4.64. The van der Waals surface area contributed by atoms with E-state index in [1.807, 2.05) is 41.4 Å². The van der Waals surface area contributed by atoms with Gasteiger partial charge in [0.15, 0.2) is 0 Å². The number of piperazine rings is 2. The predicted octanol–water partition coefficient (Wildman–Crippen LogP) is 2.30. The van der Waals surface area contributed by atoms with Crippen LogP contribution in [0.2, 0.25) is 0 Å². The highest BCUT2D eigenvalue weighted by molar-refractivity contribution is 5.76. The van der Waals surface area contributed by atoms with Crippen molar-refractivity contribution in [3.05, 3.63) is 60.1 Å². The number of nitrogens with zero attached hydrogens (tertiary/aromatic N) is 7. The Morgan fingerprint density at radius 1 is 0.914 bits per heavy atom. The van der Waals surface area contributed by atoms with Crippen LogP contribution < -0.4 is 4.90 Å². The first kappa shape index (κ1) is 23.4. The summed E-state index contributed by atoms with van der Waals surface area (Å²) in [6.45, 7) is 10.5. The molecule has 0 spiro atoms. The summed E-state index contributed by atoms with van der Waals surface area (Å²) in [5, 5.41) is 4.14. The lowest BCUT2D eigenvalue weighted by Gasteiger charge is -2.36. The van der Waals surface area contributed by atoms with E-state index < -0.39 is 0 Å². The smallest absolute Gasteiger partial charge is 0.241 e. The summed E-state index contributed by atoms with van der Waals surface area (Å²) >= 11 is 0. The van der Waals surface area contributed by atoms with E-state index in [1.54, 1.807) is 0 Å². The lowest BCUT2D eigenvalue weighted by Crippen LogP contribution is -2.50. The van der Waals surface area contributed by atoms with Gasteiger partial charge in [0, 0.05) is 77.1 Å². The molecular weight excluding hydrogens is 442 g/mol. The van der Waals surface area contributed by atoms with Crippen molar-refractivity contribution in [2.45, 2.75) is 19.9 Å². The van der Waals surface area contributed by atoms with Gasteiger partial charge in [-0.15, -0.1) is 0 Å². The molecule has 2 aliphatic heterocycles. The first-order chi connectivity index (χ1) is 17.1. The Hall–Kier alpha value is -3.30. The minimum absolute atomic E-state index is 0.252. The first-order valence-corrected chi connectivity index (χ1v) is 12.4. The third-order valence-electron chi connectivity index (χ3n) is 6.85. The Kier molecular flexibility index (Phi) is 7.34. The topological polar surface area (TPSA) is 81.8 Å². The average Bonchev–Trinajstić information content (AvgIpc) is 3.37. The van der Waals surface area contributed by atoms with Crippen molar-refractivity contribution in [1.82, 2.24) is 29.8 Å². The minimum atomic E-state index is 0.252. The van der Waals surface area contributed by atoms with E-state index in [-0.39, 0.29) is 5.91 Å². The molecule has 2 saturated heterocycles. The normalized spacial score (nSPS) is 17.6. The van der Waals surface area contributed by atoms with Crippen molar-refractivity contribution in [2.75, 3.05) is 63.8 Å². The summed E-state index contributed by atoms with van der Waals surface area (Å²) < 4.78 is 5.49. The van der Waals surface area contributed by atoms with Crippen molar-refractivity contribution < 1.29 is 9.32 Å². The van der Waals surface area contributed by atoms with Gasteiger partial charge in [0.2, 0.25) is 17.6 Å². The van der Waals surface area contributed by atoms with E-state index in [0.29, 0.717) is 24.7 Å². The van der Waals surface area contributed by atoms with Crippen molar-refractivity contribution in [3.63, 3.8) is 0 Å². The molecule has 3 aromatic rings. The molecule has 2 aliphatic rings. The van der Waals surface area contributed by atoms with E-state index >= 15 is 0 Å². The van der Waals surface area contributed by atoms with Crippen molar-refractivity contribution in [1.29, 1.82) is 0 Å². The van der Waals surface area contributed by atoms with Crippen molar-refractivity contribution in [2.24, 2.45) is 0 Å². The van der Waals surface area contributed by atoms with Crippen LogP contribution in [0.25, 0.3) is 11.4 Å². The molecular formula is C26H33N7O2. The largest absolute Gasteiger partial charge is 0.353 e. The molecule has 9 heteroatoms. The van der Waals surface area contributed by atoms with Gasteiger partial charge in [-0.3, -0.25) is 9.69 Å².